The molecular formula is C25H29N3O6S. The molecule has 35 heavy (non-hydrogen) atoms. The summed E-state index contributed by atoms with van der Waals surface area (Å²) >= 11 is 1.13. The highest BCUT2D eigenvalue weighted by Gasteiger charge is 2.28. The number of esters is 1. The van der Waals surface area contributed by atoms with Gasteiger partial charge in [0.25, 0.3) is 11.5 Å². The van der Waals surface area contributed by atoms with E-state index in [4.69, 9.17) is 9.47 Å². The Kier molecular flexibility index (Phi) is 7.39. The van der Waals surface area contributed by atoms with Gasteiger partial charge in [0.1, 0.15) is 10.6 Å². The van der Waals surface area contributed by atoms with Crippen LogP contribution in [-0.4, -0.2) is 35.2 Å². The number of benzene rings is 1. The number of nitrogens with zero attached hydrogens (tertiary/aromatic N) is 2. The molecule has 1 fully saturated rings. The third-order valence-electron chi connectivity index (χ3n) is 6.64. The SMILES string of the molecule is COC(=O)C1CCC(Cn2c(=O)c3cc(C(=O)NCc4cccc(OC)c4)sc3n(C)c2=O)CC1. The minimum atomic E-state index is -0.400. The van der Waals surface area contributed by atoms with Gasteiger partial charge in [0.15, 0.2) is 0 Å². The number of aromatic nitrogens is 2. The van der Waals surface area contributed by atoms with Gasteiger partial charge in [0.05, 0.1) is 30.4 Å². The predicted molar refractivity (Wildman–Crippen MR) is 133 cm³/mol. The molecule has 1 aliphatic carbocycles. The second-order valence-electron chi connectivity index (χ2n) is 8.86. The number of rotatable bonds is 7. The molecule has 4 rings (SSSR count). The Balaban J connectivity index is 1.52. The summed E-state index contributed by atoms with van der Waals surface area (Å²) < 4.78 is 12.7. The van der Waals surface area contributed by atoms with Gasteiger partial charge in [-0.05, 0) is 55.4 Å². The molecule has 1 amide bonds. The fourth-order valence-corrected chi connectivity index (χ4v) is 5.64. The number of nitrogens with one attached hydrogen (secondary N) is 1. The summed E-state index contributed by atoms with van der Waals surface area (Å²) in [5.74, 6) is 0.200. The molecule has 2 aromatic heterocycles. The van der Waals surface area contributed by atoms with E-state index in [9.17, 15) is 19.2 Å². The highest BCUT2D eigenvalue weighted by molar-refractivity contribution is 7.20. The van der Waals surface area contributed by atoms with Crippen LogP contribution >= 0.6 is 11.3 Å². The number of amides is 1. The van der Waals surface area contributed by atoms with Crippen molar-refractivity contribution in [3.05, 3.63) is 61.6 Å². The van der Waals surface area contributed by atoms with Crippen LogP contribution in [0.15, 0.2) is 39.9 Å². The van der Waals surface area contributed by atoms with Crippen molar-refractivity contribution in [2.75, 3.05) is 14.2 Å². The Hall–Kier alpha value is -3.40. The van der Waals surface area contributed by atoms with Crippen LogP contribution in [0.2, 0.25) is 0 Å². The molecule has 2 heterocycles. The summed E-state index contributed by atoms with van der Waals surface area (Å²) in [5, 5.41) is 3.21. The topological polar surface area (TPSA) is 109 Å². The minimum absolute atomic E-state index is 0.117. The number of carbonyl (C=O) groups excluding carboxylic acids is 2. The van der Waals surface area contributed by atoms with E-state index in [1.807, 2.05) is 24.3 Å². The number of ether oxygens (including phenoxy) is 2. The minimum Gasteiger partial charge on any atom is -0.497 e. The second-order valence-corrected chi connectivity index (χ2v) is 9.89. The van der Waals surface area contributed by atoms with Crippen LogP contribution in [0.25, 0.3) is 10.2 Å². The van der Waals surface area contributed by atoms with Crippen molar-refractivity contribution < 1.29 is 19.1 Å². The van der Waals surface area contributed by atoms with Crippen LogP contribution in [0.5, 0.6) is 5.75 Å². The molecule has 3 aromatic rings. The molecule has 1 saturated carbocycles. The van der Waals surface area contributed by atoms with Crippen molar-refractivity contribution in [3.63, 3.8) is 0 Å². The number of hydrogen-bond acceptors (Lipinski definition) is 7. The number of fused-ring (bicyclic) bond motifs is 1. The molecule has 0 saturated heterocycles. The van der Waals surface area contributed by atoms with Gasteiger partial charge in [0.2, 0.25) is 0 Å². The summed E-state index contributed by atoms with van der Waals surface area (Å²) in [5.41, 5.74) is 0.0968. The summed E-state index contributed by atoms with van der Waals surface area (Å²) in [6, 6.07) is 8.96. The van der Waals surface area contributed by atoms with Gasteiger partial charge >= 0.3 is 11.7 Å². The number of methoxy groups -OCH3 is 2. The smallest absolute Gasteiger partial charge is 0.331 e. The molecule has 0 aliphatic heterocycles. The largest absolute Gasteiger partial charge is 0.497 e. The normalized spacial score (nSPS) is 17.8. The van der Waals surface area contributed by atoms with E-state index in [-0.39, 0.29) is 29.3 Å². The van der Waals surface area contributed by atoms with Crippen molar-refractivity contribution in [2.45, 2.75) is 38.8 Å². The molecule has 1 N–H and O–H groups in total. The number of aryl methyl sites for hydroxylation is 1. The summed E-state index contributed by atoms with van der Waals surface area (Å²) in [4.78, 5) is 51.6. The average molecular weight is 500 g/mol. The van der Waals surface area contributed by atoms with E-state index in [0.29, 0.717) is 46.8 Å². The lowest BCUT2D eigenvalue weighted by Gasteiger charge is -2.27. The van der Waals surface area contributed by atoms with Gasteiger partial charge in [-0.1, -0.05) is 12.1 Å². The van der Waals surface area contributed by atoms with Crippen molar-refractivity contribution in [1.82, 2.24) is 14.5 Å². The molecular weight excluding hydrogens is 470 g/mol. The van der Waals surface area contributed by atoms with Gasteiger partial charge in [0, 0.05) is 20.1 Å². The Bertz CT molecular complexity index is 1360. The van der Waals surface area contributed by atoms with Crippen LogP contribution in [-0.2, 0) is 29.7 Å². The first-order chi connectivity index (χ1) is 16.8. The molecule has 0 radical (unpaired) electrons. The molecule has 1 aromatic carbocycles. The number of carbonyl (C=O) groups is 2. The summed E-state index contributed by atoms with van der Waals surface area (Å²) in [6.07, 6.45) is 2.86. The lowest BCUT2D eigenvalue weighted by atomic mass is 9.82. The van der Waals surface area contributed by atoms with Crippen LogP contribution in [0.4, 0.5) is 0 Å². The Morgan fingerprint density at radius 2 is 1.86 bits per heavy atom. The lowest BCUT2D eigenvalue weighted by Crippen LogP contribution is -2.40. The molecule has 0 unspecified atom stereocenters. The van der Waals surface area contributed by atoms with Crippen molar-refractivity contribution in [1.29, 1.82) is 0 Å². The zero-order valence-corrected chi connectivity index (χ0v) is 20.9. The fraction of sp³-hybridized carbons (Fsp3) is 0.440. The fourth-order valence-electron chi connectivity index (χ4n) is 4.61. The van der Waals surface area contributed by atoms with E-state index >= 15 is 0 Å². The third-order valence-corrected chi connectivity index (χ3v) is 7.85. The van der Waals surface area contributed by atoms with E-state index in [2.05, 4.69) is 5.32 Å². The van der Waals surface area contributed by atoms with E-state index in [0.717, 1.165) is 29.7 Å². The van der Waals surface area contributed by atoms with Crippen LogP contribution in [0.1, 0.15) is 40.9 Å². The molecule has 0 spiro atoms. The zero-order chi connectivity index (χ0) is 25.1. The van der Waals surface area contributed by atoms with E-state index in [1.165, 1.54) is 16.2 Å². The number of thiophene rings is 1. The maximum absolute atomic E-state index is 13.2. The van der Waals surface area contributed by atoms with E-state index in [1.54, 1.807) is 20.2 Å². The Labute approximate surface area is 206 Å². The summed E-state index contributed by atoms with van der Waals surface area (Å²) in [7, 11) is 4.59. The van der Waals surface area contributed by atoms with E-state index < -0.39 is 5.69 Å². The van der Waals surface area contributed by atoms with Gasteiger partial charge in [-0.2, -0.15) is 0 Å². The van der Waals surface area contributed by atoms with Crippen molar-refractivity contribution in [2.24, 2.45) is 18.9 Å². The summed E-state index contributed by atoms with van der Waals surface area (Å²) in [6.45, 7) is 0.601. The van der Waals surface area contributed by atoms with Crippen LogP contribution in [0, 0.1) is 11.8 Å². The van der Waals surface area contributed by atoms with Gasteiger partial charge < -0.3 is 14.8 Å². The standard InChI is InChI=1S/C25H29N3O6S/c1-27-23-19(12-20(35-23)21(29)26-13-16-5-4-6-18(11-16)33-2)22(30)28(25(27)32)14-15-7-9-17(10-8-15)24(31)34-3/h4-6,11-12,15,17H,7-10,13-14H2,1-3H3,(H,26,29). The monoisotopic (exact) mass is 499 g/mol. The number of hydrogen-bond donors (Lipinski definition) is 1. The highest BCUT2D eigenvalue weighted by Crippen LogP contribution is 2.30. The molecule has 186 valence electrons. The average Bonchev–Trinajstić information content (AvgIpc) is 3.34. The first kappa shape index (κ1) is 24.7. The lowest BCUT2D eigenvalue weighted by molar-refractivity contribution is -0.146. The third kappa shape index (κ3) is 5.17. The van der Waals surface area contributed by atoms with Crippen LogP contribution < -0.4 is 21.3 Å². The maximum atomic E-state index is 13.2. The van der Waals surface area contributed by atoms with Crippen molar-refractivity contribution >= 4 is 33.4 Å². The van der Waals surface area contributed by atoms with Crippen molar-refractivity contribution in [3.8, 4) is 5.75 Å². The first-order valence-electron chi connectivity index (χ1n) is 11.5. The second kappa shape index (κ2) is 10.5. The van der Waals surface area contributed by atoms with Crippen LogP contribution in [0.3, 0.4) is 0 Å². The molecule has 0 bridgehead atoms. The predicted octanol–water partition coefficient (Wildman–Crippen LogP) is 2.68. The first-order valence-corrected chi connectivity index (χ1v) is 12.4. The highest BCUT2D eigenvalue weighted by atomic mass is 32.1. The Morgan fingerprint density at radius 1 is 1.11 bits per heavy atom. The van der Waals surface area contributed by atoms with Gasteiger partial charge in [-0.3, -0.25) is 23.5 Å². The quantitative estimate of drug-likeness (QED) is 0.501. The maximum Gasteiger partial charge on any atom is 0.331 e. The van der Waals surface area contributed by atoms with Gasteiger partial charge in [-0.15, -0.1) is 11.3 Å². The molecule has 9 nitrogen and oxygen atoms in total. The zero-order valence-electron chi connectivity index (χ0n) is 20.0. The molecule has 10 heteroatoms. The van der Waals surface area contributed by atoms with Gasteiger partial charge in [-0.25, -0.2) is 4.79 Å². The Morgan fingerprint density at radius 3 is 2.54 bits per heavy atom. The molecule has 0 atom stereocenters. The molecule has 1 aliphatic rings.